The van der Waals surface area contributed by atoms with Crippen LogP contribution in [0.25, 0.3) is 0 Å². The smallest absolute Gasteiger partial charge is 0.246 e. The summed E-state index contributed by atoms with van der Waals surface area (Å²) < 4.78 is 1.48. The maximum absolute atomic E-state index is 12.1. The number of benzene rings is 1. The van der Waals surface area contributed by atoms with Crippen LogP contribution in [0.3, 0.4) is 0 Å². The van der Waals surface area contributed by atoms with Gasteiger partial charge in [-0.05, 0) is 25.7 Å². The molecule has 2 aromatic rings. The van der Waals surface area contributed by atoms with E-state index in [-0.39, 0.29) is 12.5 Å². The zero-order chi connectivity index (χ0) is 15.2. The van der Waals surface area contributed by atoms with Gasteiger partial charge < -0.3 is 16.0 Å². The van der Waals surface area contributed by atoms with Crippen molar-refractivity contribution in [1.82, 2.24) is 19.9 Å². The molecule has 0 bridgehead atoms. The SMILES string of the molecule is CN(C)Cc1ccccc1NC(=O)Cn1cc(CN)nn1. The van der Waals surface area contributed by atoms with E-state index < -0.39 is 0 Å². The molecule has 2 rings (SSSR count). The van der Waals surface area contributed by atoms with Crippen molar-refractivity contribution in [3.05, 3.63) is 41.7 Å². The fourth-order valence-electron chi connectivity index (χ4n) is 1.97. The van der Waals surface area contributed by atoms with E-state index in [0.29, 0.717) is 12.2 Å². The quantitative estimate of drug-likeness (QED) is 0.805. The molecule has 0 spiro atoms. The van der Waals surface area contributed by atoms with E-state index in [4.69, 9.17) is 5.73 Å². The molecule has 7 heteroatoms. The highest BCUT2D eigenvalue weighted by Crippen LogP contribution is 2.16. The summed E-state index contributed by atoms with van der Waals surface area (Å²) in [6.07, 6.45) is 1.67. The maximum Gasteiger partial charge on any atom is 0.246 e. The van der Waals surface area contributed by atoms with Crippen molar-refractivity contribution in [3.63, 3.8) is 0 Å². The third-order valence-corrected chi connectivity index (χ3v) is 2.88. The first-order valence-corrected chi connectivity index (χ1v) is 6.70. The monoisotopic (exact) mass is 288 g/mol. The number of amides is 1. The van der Waals surface area contributed by atoms with Crippen molar-refractivity contribution < 1.29 is 4.79 Å². The van der Waals surface area contributed by atoms with Gasteiger partial charge in [0.25, 0.3) is 0 Å². The molecule has 3 N–H and O–H groups in total. The Bertz CT molecular complexity index is 607. The number of carbonyl (C=O) groups excluding carboxylic acids is 1. The van der Waals surface area contributed by atoms with E-state index in [2.05, 4.69) is 20.5 Å². The highest BCUT2D eigenvalue weighted by molar-refractivity contribution is 5.91. The summed E-state index contributed by atoms with van der Waals surface area (Å²) in [5.41, 5.74) is 8.01. The van der Waals surface area contributed by atoms with E-state index >= 15 is 0 Å². The fraction of sp³-hybridized carbons (Fsp3) is 0.357. The molecule has 0 aliphatic carbocycles. The maximum atomic E-state index is 12.1. The molecule has 0 saturated carbocycles. The van der Waals surface area contributed by atoms with Gasteiger partial charge in [0.1, 0.15) is 6.54 Å². The second-order valence-corrected chi connectivity index (χ2v) is 5.05. The Kier molecular flexibility index (Phi) is 5.02. The van der Waals surface area contributed by atoms with Crippen LogP contribution < -0.4 is 11.1 Å². The van der Waals surface area contributed by atoms with Crippen LogP contribution in [0.15, 0.2) is 30.5 Å². The number of nitrogens with two attached hydrogens (primary N) is 1. The van der Waals surface area contributed by atoms with Gasteiger partial charge in [-0.1, -0.05) is 23.4 Å². The molecule has 1 heterocycles. The second kappa shape index (κ2) is 6.96. The molecule has 7 nitrogen and oxygen atoms in total. The van der Waals surface area contributed by atoms with Crippen LogP contribution >= 0.6 is 0 Å². The molecular formula is C14H20N6O. The molecule has 112 valence electrons. The molecule has 0 fully saturated rings. The summed E-state index contributed by atoms with van der Waals surface area (Å²) in [7, 11) is 3.98. The predicted molar refractivity (Wildman–Crippen MR) is 80.4 cm³/mol. The molecule has 0 atom stereocenters. The third kappa shape index (κ3) is 4.37. The topological polar surface area (TPSA) is 89.1 Å². The van der Waals surface area contributed by atoms with Gasteiger partial charge in [-0.2, -0.15) is 0 Å². The summed E-state index contributed by atoms with van der Waals surface area (Å²) in [5, 5.41) is 10.6. The van der Waals surface area contributed by atoms with Crippen LogP contribution in [0.1, 0.15) is 11.3 Å². The largest absolute Gasteiger partial charge is 0.325 e. The lowest BCUT2D eigenvalue weighted by Gasteiger charge is -2.14. The summed E-state index contributed by atoms with van der Waals surface area (Å²) in [6, 6.07) is 7.75. The van der Waals surface area contributed by atoms with Gasteiger partial charge in [-0.25, -0.2) is 4.68 Å². The number of nitrogens with one attached hydrogen (secondary N) is 1. The molecule has 0 aliphatic rings. The second-order valence-electron chi connectivity index (χ2n) is 5.05. The van der Waals surface area contributed by atoms with E-state index in [9.17, 15) is 4.79 Å². The van der Waals surface area contributed by atoms with Crippen LogP contribution in [0.4, 0.5) is 5.69 Å². The minimum absolute atomic E-state index is 0.114. The lowest BCUT2D eigenvalue weighted by molar-refractivity contribution is -0.116. The van der Waals surface area contributed by atoms with Gasteiger partial charge in [0, 0.05) is 18.8 Å². The number of carbonyl (C=O) groups is 1. The Morgan fingerprint density at radius 1 is 1.38 bits per heavy atom. The summed E-state index contributed by atoms with van der Waals surface area (Å²) in [4.78, 5) is 14.1. The Morgan fingerprint density at radius 3 is 2.81 bits per heavy atom. The van der Waals surface area contributed by atoms with E-state index in [1.807, 2.05) is 38.4 Å². The predicted octanol–water partition coefficient (Wildman–Crippen LogP) is 0.437. The van der Waals surface area contributed by atoms with E-state index in [1.54, 1.807) is 6.20 Å². The normalized spacial score (nSPS) is 10.9. The van der Waals surface area contributed by atoms with Crippen molar-refractivity contribution in [2.24, 2.45) is 5.73 Å². The molecule has 1 amide bonds. The van der Waals surface area contributed by atoms with Crippen LogP contribution in [-0.4, -0.2) is 39.9 Å². The number of hydrogen-bond donors (Lipinski definition) is 2. The molecule has 0 aliphatic heterocycles. The van der Waals surface area contributed by atoms with Crippen molar-refractivity contribution >= 4 is 11.6 Å². The molecule has 1 aromatic heterocycles. The number of rotatable bonds is 6. The van der Waals surface area contributed by atoms with Crippen LogP contribution in [0, 0.1) is 0 Å². The van der Waals surface area contributed by atoms with E-state index in [0.717, 1.165) is 17.8 Å². The van der Waals surface area contributed by atoms with Crippen molar-refractivity contribution in [3.8, 4) is 0 Å². The molecular weight excluding hydrogens is 268 g/mol. The average molecular weight is 288 g/mol. The Labute approximate surface area is 123 Å². The Balaban J connectivity index is 2.02. The standard InChI is InChI=1S/C14H20N6O/c1-19(2)8-11-5-3-4-6-13(11)16-14(21)10-20-9-12(7-15)17-18-20/h3-6,9H,7-8,10,15H2,1-2H3,(H,16,21). The highest BCUT2D eigenvalue weighted by atomic mass is 16.2. The lowest BCUT2D eigenvalue weighted by Crippen LogP contribution is -2.21. The minimum Gasteiger partial charge on any atom is -0.325 e. The third-order valence-electron chi connectivity index (χ3n) is 2.88. The minimum atomic E-state index is -0.144. The van der Waals surface area contributed by atoms with Crippen molar-refractivity contribution in [1.29, 1.82) is 0 Å². The zero-order valence-corrected chi connectivity index (χ0v) is 12.3. The molecule has 21 heavy (non-hydrogen) atoms. The van der Waals surface area contributed by atoms with Gasteiger partial charge in [0.15, 0.2) is 0 Å². The number of anilines is 1. The average Bonchev–Trinajstić information content (AvgIpc) is 2.88. The number of hydrogen-bond acceptors (Lipinski definition) is 5. The first-order chi connectivity index (χ1) is 10.1. The summed E-state index contributed by atoms with van der Waals surface area (Å²) in [5.74, 6) is -0.144. The molecule has 0 saturated heterocycles. The van der Waals surface area contributed by atoms with E-state index in [1.165, 1.54) is 4.68 Å². The van der Waals surface area contributed by atoms with Crippen LogP contribution in [0.2, 0.25) is 0 Å². The van der Waals surface area contributed by atoms with Gasteiger partial charge in [-0.15, -0.1) is 5.10 Å². The van der Waals surface area contributed by atoms with Gasteiger partial charge in [0.05, 0.1) is 11.9 Å². The van der Waals surface area contributed by atoms with Crippen molar-refractivity contribution in [2.75, 3.05) is 19.4 Å². The molecule has 0 unspecified atom stereocenters. The zero-order valence-electron chi connectivity index (χ0n) is 12.3. The number of aromatic nitrogens is 3. The fourth-order valence-corrected chi connectivity index (χ4v) is 1.97. The molecule has 1 aromatic carbocycles. The van der Waals surface area contributed by atoms with Gasteiger partial charge >= 0.3 is 0 Å². The number of nitrogens with zero attached hydrogens (tertiary/aromatic N) is 4. The van der Waals surface area contributed by atoms with Gasteiger partial charge in [-0.3, -0.25) is 4.79 Å². The highest BCUT2D eigenvalue weighted by Gasteiger charge is 2.09. The first-order valence-electron chi connectivity index (χ1n) is 6.70. The van der Waals surface area contributed by atoms with Crippen LogP contribution in [0.5, 0.6) is 0 Å². The summed E-state index contributed by atoms with van der Waals surface area (Å²) >= 11 is 0. The van der Waals surface area contributed by atoms with Crippen LogP contribution in [-0.2, 0) is 24.4 Å². The van der Waals surface area contributed by atoms with Crippen molar-refractivity contribution in [2.45, 2.75) is 19.6 Å². The number of para-hydroxylation sites is 1. The molecule has 0 radical (unpaired) electrons. The Morgan fingerprint density at radius 2 is 2.14 bits per heavy atom. The lowest BCUT2D eigenvalue weighted by atomic mass is 10.1. The first kappa shape index (κ1) is 15.1. The summed E-state index contributed by atoms with van der Waals surface area (Å²) in [6.45, 7) is 1.19. The van der Waals surface area contributed by atoms with Gasteiger partial charge in [0.2, 0.25) is 5.91 Å². The Hall–Kier alpha value is -2.25.